The van der Waals surface area contributed by atoms with Gasteiger partial charge in [0.15, 0.2) is 0 Å². The van der Waals surface area contributed by atoms with E-state index in [2.05, 4.69) is 15.6 Å². The van der Waals surface area contributed by atoms with Crippen LogP contribution in [-0.4, -0.2) is 40.6 Å². The number of benzene rings is 1. The molecular formula is C20H28N4O3. The smallest absolute Gasteiger partial charge is 0.249 e. The number of anilines is 1. The fraction of sp³-hybridized carbons (Fsp3) is 0.550. The average molecular weight is 372 g/mol. The van der Waals surface area contributed by atoms with E-state index in [0.29, 0.717) is 31.9 Å². The first-order valence-corrected chi connectivity index (χ1v) is 9.58. The van der Waals surface area contributed by atoms with Gasteiger partial charge < -0.3 is 19.9 Å². The molecule has 2 amide bonds. The van der Waals surface area contributed by atoms with Crippen molar-refractivity contribution >= 4 is 28.5 Å². The number of imidazole rings is 1. The maximum Gasteiger partial charge on any atom is 0.249 e. The first-order valence-electron chi connectivity index (χ1n) is 9.58. The Hall–Kier alpha value is -2.41. The van der Waals surface area contributed by atoms with Gasteiger partial charge in [0, 0.05) is 38.7 Å². The van der Waals surface area contributed by atoms with Gasteiger partial charge in [-0.2, -0.15) is 0 Å². The van der Waals surface area contributed by atoms with Gasteiger partial charge in [-0.05, 0) is 37.0 Å². The Morgan fingerprint density at radius 1 is 1.37 bits per heavy atom. The Morgan fingerprint density at radius 3 is 2.89 bits per heavy atom. The first-order chi connectivity index (χ1) is 12.9. The molecule has 2 N–H and O–H groups in total. The molecule has 1 aromatic carbocycles. The molecular weight excluding hydrogens is 344 g/mol. The number of aryl methyl sites for hydroxylation is 1. The van der Waals surface area contributed by atoms with Gasteiger partial charge in [0.2, 0.25) is 11.8 Å². The zero-order valence-electron chi connectivity index (χ0n) is 16.2. The number of fused-ring (bicyclic) bond motifs is 1. The Balaban J connectivity index is 1.61. The maximum absolute atomic E-state index is 12.0. The van der Waals surface area contributed by atoms with Crippen LogP contribution in [0.5, 0.6) is 0 Å². The third-order valence-corrected chi connectivity index (χ3v) is 4.72. The van der Waals surface area contributed by atoms with E-state index in [4.69, 9.17) is 4.74 Å². The standard InChI is InChI=1S/C20H28N4O3/c1-13(2)11-19(25)22-14-6-7-16-15(12-14)23-18(24(16)3)8-9-21-20(26)17-5-4-10-27-17/h6-7,12-13,17H,4-5,8-11H2,1-3H3,(H,21,26)(H,22,25). The van der Waals surface area contributed by atoms with Crippen LogP contribution in [0.3, 0.4) is 0 Å². The van der Waals surface area contributed by atoms with Crippen molar-refractivity contribution in [2.45, 2.75) is 45.6 Å². The minimum atomic E-state index is -0.303. The van der Waals surface area contributed by atoms with Gasteiger partial charge in [-0.1, -0.05) is 13.8 Å². The van der Waals surface area contributed by atoms with Crippen LogP contribution in [0.2, 0.25) is 0 Å². The summed E-state index contributed by atoms with van der Waals surface area (Å²) in [6.45, 7) is 5.23. The van der Waals surface area contributed by atoms with Gasteiger partial charge in [-0.3, -0.25) is 9.59 Å². The van der Waals surface area contributed by atoms with Gasteiger partial charge in [0.25, 0.3) is 0 Å². The highest BCUT2D eigenvalue weighted by Crippen LogP contribution is 2.20. The molecule has 27 heavy (non-hydrogen) atoms. The lowest BCUT2D eigenvalue weighted by molar-refractivity contribution is -0.130. The fourth-order valence-electron chi connectivity index (χ4n) is 3.33. The zero-order valence-corrected chi connectivity index (χ0v) is 16.2. The van der Waals surface area contributed by atoms with E-state index in [-0.39, 0.29) is 17.9 Å². The zero-order chi connectivity index (χ0) is 19.4. The molecule has 7 heteroatoms. The van der Waals surface area contributed by atoms with Crippen LogP contribution in [0.4, 0.5) is 5.69 Å². The lowest BCUT2D eigenvalue weighted by Gasteiger charge is -2.10. The lowest BCUT2D eigenvalue weighted by Crippen LogP contribution is -2.35. The van der Waals surface area contributed by atoms with Crippen molar-refractivity contribution in [1.82, 2.24) is 14.9 Å². The summed E-state index contributed by atoms with van der Waals surface area (Å²) in [7, 11) is 1.96. The lowest BCUT2D eigenvalue weighted by atomic mass is 10.1. The Kier molecular flexibility index (Phi) is 6.11. The van der Waals surface area contributed by atoms with Crippen LogP contribution < -0.4 is 10.6 Å². The van der Waals surface area contributed by atoms with Crippen LogP contribution in [0, 0.1) is 5.92 Å². The number of hydrogen-bond acceptors (Lipinski definition) is 4. The molecule has 3 rings (SSSR count). The van der Waals surface area contributed by atoms with Crippen molar-refractivity contribution in [3.8, 4) is 0 Å². The number of aromatic nitrogens is 2. The summed E-state index contributed by atoms with van der Waals surface area (Å²) in [6, 6.07) is 5.75. The van der Waals surface area contributed by atoms with E-state index in [1.165, 1.54) is 0 Å². The first kappa shape index (κ1) is 19.4. The molecule has 1 unspecified atom stereocenters. The predicted molar refractivity (Wildman–Crippen MR) is 104 cm³/mol. The second-order valence-electron chi connectivity index (χ2n) is 7.48. The summed E-state index contributed by atoms with van der Waals surface area (Å²) in [5.74, 6) is 1.18. The molecule has 0 saturated carbocycles. The van der Waals surface area contributed by atoms with E-state index in [1.807, 2.05) is 43.7 Å². The van der Waals surface area contributed by atoms with E-state index in [1.54, 1.807) is 0 Å². The third kappa shape index (κ3) is 4.86. The van der Waals surface area contributed by atoms with Gasteiger partial charge in [0.1, 0.15) is 11.9 Å². The van der Waals surface area contributed by atoms with Crippen molar-refractivity contribution in [3.63, 3.8) is 0 Å². The van der Waals surface area contributed by atoms with E-state index in [9.17, 15) is 9.59 Å². The average Bonchev–Trinajstić information content (AvgIpc) is 3.23. The van der Waals surface area contributed by atoms with Crippen molar-refractivity contribution in [2.75, 3.05) is 18.5 Å². The van der Waals surface area contributed by atoms with Crippen molar-refractivity contribution < 1.29 is 14.3 Å². The second kappa shape index (κ2) is 8.52. The summed E-state index contributed by atoms with van der Waals surface area (Å²) in [5, 5.41) is 5.85. The molecule has 0 spiro atoms. The third-order valence-electron chi connectivity index (χ3n) is 4.72. The highest BCUT2D eigenvalue weighted by atomic mass is 16.5. The van der Waals surface area contributed by atoms with E-state index in [0.717, 1.165) is 35.4 Å². The number of nitrogens with one attached hydrogen (secondary N) is 2. The largest absolute Gasteiger partial charge is 0.368 e. The number of carbonyl (C=O) groups is 2. The summed E-state index contributed by atoms with van der Waals surface area (Å²) in [5.41, 5.74) is 2.59. The molecule has 2 heterocycles. The second-order valence-corrected chi connectivity index (χ2v) is 7.48. The van der Waals surface area contributed by atoms with Crippen LogP contribution >= 0.6 is 0 Å². The molecule has 2 aromatic rings. The highest BCUT2D eigenvalue weighted by Gasteiger charge is 2.23. The van der Waals surface area contributed by atoms with Crippen molar-refractivity contribution in [3.05, 3.63) is 24.0 Å². The van der Waals surface area contributed by atoms with Crippen LogP contribution in [0.1, 0.15) is 38.9 Å². The quantitative estimate of drug-likeness (QED) is 0.781. The molecule has 146 valence electrons. The molecule has 0 bridgehead atoms. The molecule has 1 aliphatic rings. The number of rotatable bonds is 7. The molecule has 7 nitrogen and oxygen atoms in total. The monoisotopic (exact) mass is 372 g/mol. The summed E-state index contributed by atoms with van der Waals surface area (Å²) >= 11 is 0. The highest BCUT2D eigenvalue weighted by molar-refractivity contribution is 5.93. The summed E-state index contributed by atoms with van der Waals surface area (Å²) in [4.78, 5) is 28.6. The van der Waals surface area contributed by atoms with Gasteiger partial charge in [-0.15, -0.1) is 0 Å². The molecule has 1 fully saturated rings. The minimum Gasteiger partial charge on any atom is -0.368 e. The minimum absolute atomic E-state index is 0.0114. The van der Waals surface area contributed by atoms with Crippen molar-refractivity contribution in [2.24, 2.45) is 13.0 Å². The van der Waals surface area contributed by atoms with Gasteiger partial charge >= 0.3 is 0 Å². The molecule has 1 aliphatic heterocycles. The molecule has 1 saturated heterocycles. The number of amides is 2. The van der Waals surface area contributed by atoms with Gasteiger partial charge in [-0.25, -0.2) is 4.98 Å². The number of ether oxygens (including phenoxy) is 1. The van der Waals surface area contributed by atoms with Crippen LogP contribution in [-0.2, 0) is 27.8 Å². The SMILES string of the molecule is CC(C)CC(=O)Nc1ccc2c(c1)nc(CCNC(=O)C1CCCO1)n2C. The topological polar surface area (TPSA) is 85.2 Å². The maximum atomic E-state index is 12.0. The molecule has 1 aromatic heterocycles. The Labute approximate surface area is 159 Å². The molecule has 0 radical (unpaired) electrons. The van der Waals surface area contributed by atoms with Crippen molar-refractivity contribution in [1.29, 1.82) is 0 Å². The fourth-order valence-corrected chi connectivity index (χ4v) is 3.33. The number of hydrogen-bond donors (Lipinski definition) is 2. The number of nitrogens with zero attached hydrogens (tertiary/aromatic N) is 2. The molecule has 1 atom stereocenters. The Morgan fingerprint density at radius 2 is 2.19 bits per heavy atom. The van der Waals surface area contributed by atoms with Gasteiger partial charge in [0.05, 0.1) is 11.0 Å². The Bertz CT molecular complexity index is 822. The van der Waals surface area contributed by atoms with Crippen LogP contribution in [0.15, 0.2) is 18.2 Å². The normalized spacial score (nSPS) is 16.8. The van der Waals surface area contributed by atoms with E-state index >= 15 is 0 Å². The summed E-state index contributed by atoms with van der Waals surface area (Å²) < 4.78 is 7.41. The van der Waals surface area contributed by atoms with E-state index < -0.39 is 0 Å². The van der Waals surface area contributed by atoms with Crippen LogP contribution in [0.25, 0.3) is 11.0 Å². The number of carbonyl (C=O) groups excluding carboxylic acids is 2. The predicted octanol–water partition coefficient (Wildman–Crippen LogP) is 2.40. The molecule has 0 aliphatic carbocycles. The summed E-state index contributed by atoms with van der Waals surface area (Å²) in [6.07, 6.45) is 2.57.